The van der Waals surface area contributed by atoms with Gasteiger partial charge in [0.25, 0.3) is 0 Å². The molecule has 0 saturated heterocycles. The molecule has 62 heavy (non-hydrogen) atoms. The Morgan fingerprint density at radius 1 is 0.210 bits per heavy atom. The van der Waals surface area contributed by atoms with Crippen LogP contribution in [0.25, 0.3) is 77.9 Å². The van der Waals surface area contributed by atoms with Gasteiger partial charge >= 0.3 is 0 Å². The van der Waals surface area contributed by atoms with Crippen LogP contribution in [0.1, 0.15) is 0 Å². The van der Waals surface area contributed by atoms with Crippen LogP contribution in [0.4, 0.5) is 17.1 Å². The van der Waals surface area contributed by atoms with E-state index in [1.165, 1.54) is 66.8 Å². The SMILES string of the molecule is Brc1ccccc1-c1cc(-c2ccccc2)ccc1-c1ccc(-c2ccccc2)cc1-c1ccc(N(c2ccc(-c3ccccc3)cc2)c2ccc(-c3ccccc3)cc2)cc1. The summed E-state index contributed by atoms with van der Waals surface area (Å²) in [6.45, 7) is 0. The molecule has 0 spiro atoms. The van der Waals surface area contributed by atoms with Crippen LogP contribution in [0.3, 0.4) is 0 Å². The van der Waals surface area contributed by atoms with Crippen molar-refractivity contribution in [1.82, 2.24) is 0 Å². The summed E-state index contributed by atoms with van der Waals surface area (Å²) in [4.78, 5) is 2.35. The molecule has 1 nitrogen and oxygen atoms in total. The number of halogens is 1. The van der Waals surface area contributed by atoms with Crippen LogP contribution < -0.4 is 4.90 Å². The molecule has 10 rings (SSSR count). The van der Waals surface area contributed by atoms with Crippen molar-refractivity contribution in [2.45, 2.75) is 0 Å². The van der Waals surface area contributed by atoms with E-state index in [1.807, 2.05) is 0 Å². The van der Waals surface area contributed by atoms with Crippen molar-refractivity contribution in [3.8, 4) is 77.9 Å². The van der Waals surface area contributed by atoms with Crippen molar-refractivity contribution in [1.29, 1.82) is 0 Å². The Kier molecular flexibility index (Phi) is 11.0. The van der Waals surface area contributed by atoms with Crippen LogP contribution in [0.5, 0.6) is 0 Å². The molecule has 0 N–H and O–H groups in total. The summed E-state index contributed by atoms with van der Waals surface area (Å²) >= 11 is 3.91. The Morgan fingerprint density at radius 3 is 0.935 bits per heavy atom. The van der Waals surface area contributed by atoms with Gasteiger partial charge in [0.05, 0.1) is 0 Å². The maximum absolute atomic E-state index is 3.91. The van der Waals surface area contributed by atoms with E-state index in [2.05, 4.69) is 276 Å². The Balaban J connectivity index is 1.10. The minimum Gasteiger partial charge on any atom is -0.311 e. The van der Waals surface area contributed by atoms with Gasteiger partial charge in [0.2, 0.25) is 0 Å². The van der Waals surface area contributed by atoms with E-state index >= 15 is 0 Å². The summed E-state index contributed by atoms with van der Waals surface area (Å²) in [6.07, 6.45) is 0. The molecular weight excluding hydrogens is 815 g/mol. The number of benzene rings is 10. The Bertz CT molecular complexity index is 2990. The van der Waals surface area contributed by atoms with Gasteiger partial charge in [0.1, 0.15) is 0 Å². The van der Waals surface area contributed by atoms with Crippen LogP contribution in [-0.4, -0.2) is 0 Å². The first-order valence-electron chi connectivity index (χ1n) is 21.0. The topological polar surface area (TPSA) is 3.24 Å². The van der Waals surface area contributed by atoms with Gasteiger partial charge in [-0.25, -0.2) is 0 Å². The lowest BCUT2D eigenvalue weighted by molar-refractivity contribution is 1.28. The zero-order chi connectivity index (χ0) is 41.7. The van der Waals surface area contributed by atoms with Crippen LogP contribution in [0.15, 0.2) is 259 Å². The standard InChI is InChI=1S/C60H42BrN/c61-60-24-14-13-23-57(60)59-42-51(46-21-11-4-12-22-46)32-40-56(59)55-39-31-50(45-19-9-3-10-20-45)41-58(55)49-29-37-54(38-30-49)62(52-33-25-47(26-34-52)43-15-5-1-6-16-43)53-35-27-48(28-36-53)44-17-7-2-8-18-44/h1-42H. The van der Waals surface area contributed by atoms with Crippen molar-refractivity contribution in [2.75, 3.05) is 4.90 Å². The third kappa shape index (κ3) is 8.05. The molecule has 0 saturated carbocycles. The first kappa shape index (κ1) is 38.7. The molecule has 0 aliphatic rings. The summed E-state index contributed by atoms with van der Waals surface area (Å²) in [7, 11) is 0. The Morgan fingerprint density at radius 2 is 0.516 bits per heavy atom. The number of anilines is 3. The van der Waals surface area contributed by atoms with E-state index in [0.717, 1.165) is 32.7 Å². The minimum absolute atomic E-state index is 1.06. The predicted octanol–water partition coefficient (Wildman–Crippen LogP) is 17.6. The molecule has 10 aromatic rings. The molecule has 2 heteroatoms. The Labute approximate surface area is 373 Å². The fourth-order valence-electron chi connectivity index (χ4n) is 8.42. The Hall–Kier alpha value is -7.52. The minimum atomic E-state index is 1.06. The molecule has 0 aromatic heterocycles. The van der Waals surface area contributed by atoms with Crippen molar-refractivity contribution in [2.24, 2.45) is 0 Å². The summed E-state index contributed by atoms with van der Waals surface area (Å²) < 4.78 is 1.06. The predicted molar refractivity (Wildman–Crippen MR) is 267 cm³/mol. The summed E-state index contributed by atoms with van der Waals surface area (Å²) in [6, 6.07) is 91.7. The average Bonchev–Trinajstić information content (AvgIpc) is 3.36. The zero-order valence-corrected chi connectivity index (χ0v) is 35.7. The lowest BCUT2D eigenvalue weighted by Gasteiger charge is -2.26. The van der Waals surface area contributed by atoms with E-state index in [9.17, 15) is 0 Å². The first-order chi connectivity index (χ1) is 30.7. The van der Waals surface area contributed by atoms with Gasteiger partial charge in [-0.15, -0.1) is 0 Å². The smallest absolute Gasteiger partial charge is 0.0462 e. The van der Waals surface area contributed by atoms with Crippen molar-refractivity contribution >= 4 is 33.0 Å². The number of hydrogen-bond acceptors (Lipinski definition) is 1. The van der Waals surface area contributed by atoms with E-state index in [4.69, 9.17) is 0 Å². The molecule has 0 radical (unpaired) electrons. The van der Waals surface area contributed by atoms with E-state index < -0.39 is 0 Å². The highest BCUT2D eigenvalue weighted by atomic mass is 79.9. The van der Waals surface area contributed by atoms with E-state index in [-0.39, 0.29) is 0 Å². The highest BCUT2D eigenvalue weighted by Crippen LogP contribution is 2.45. The quantitative estimate of drug-likeness (QED) is 0.132. The number of nitrogens with zero attached hydrogens (tertiary/aromatic N) is 1. The molecule has 0 unspecified atom stereocenters. The highest BCUT2D eigenvalue weighted by molar-refractivity contribution is 9.10. The highest BCUT2D eigenvalue weighted by Gasteiger charge is 2.19. The molecule has 0 bridgehead atoms. The molecule has 0 aliphatic carbocycles. The summed E-state index contributed by atoms with van der Waals surface area (Å²) in [5.41, 5.74) is 19.8. The lowest BCUT2D eigenvalue weighted by atomic mass is 9.86. The molecule has 10 aromatic carbocycles. The van der Waals surface area contributed by atoms with Gasteiger partial charge in [-0.3, -0.25) is 0 Å². The van der Waals surface area contributed by atoms with E-state index in [1.54, 1.807) is 0 Å². The van der Waals surface area contributed by atoms with Gasteiger partial charge in [-0.05, 0) is 132 Å². The molecule has 0 fully saturated rings. The van der Waals surface area contributed by atoms with Crippen LogP contribution in [-0.2, 0) is 0 Å². The molecule has 0 aliphatic heterocycles. The molecule has 0 atom stereocenters. The average molecular weight is 857 g/mol. The van der Waals surface area contributed by atoms with Crippen LogP contribution in [0.2, 0.25) is 0 Å². The fourth-order valence-corrected chi connectivity index (χ4v) is 8.92. The zero-order valence-electron chi connectivity index (χ0n) is 34.1. The molecular formula is C60H42BrN. The van der Waals surface area contributed by atoms with Gasteiger partial charge in [0.15, 0.2) is 0 Å². The normalized spacial score (nSPS) is 11.0. The van der Waals surface area contributed by atoms with Crippen molar-refractivity contribution in [3.63, 3.8) is 0 Å². The summed E-state index contributed by atoms with van der Waals surface area (Å²) in [5.74, 6) is 0. The van der Waals surface area contributed by atoms with Gasteiger partial charge < -0.3 is 4.90 Å². The maximum atomic E-state index is 3.91. The second-order valence-electron chi connectivity index (χ2n) is 15.4. The van der Waals surface area contributed by atoms with Gasteiger partial charge in [-0.2, -0.15) is 0 Å². The molecule has 294 valence electrons. The van der Waals surface area contributed by atoms with Crippen molar-refractivity contribution < 1.29 is 0 Å². The summed E-state index contributed by atoms with van der Waals surface area (Å²) in [5, 5.41) is 0. The third-order valence-corrected chi connectivity index (χ3v) is 12.3. The second kappa shape index (κ2) is 17.6. The van der Waals surface area contributed by atoms with Crippen LogP contribution in [0, 0.1) is 0 Å². The maximum Gasteiger partial charge on any atom is 0.0462 e. The molecule has 0 amide bonds. The van der Waals surface area contributed by atoms with Gasteiger partial charge in [-0.1, -0.05) is 216 Å². The van der Waals surface area contributed by atoms with Gasteiger partial charge in [0, 0.05) is 21.5 Å². The number of rotatable bonds is 10. The molecule has 0 heterocycles. The third-order valence-electron chi connectivity index (χ3n) is 11.6. The van der Waals surface area contributed by atoms with E-state index in [0.29, 0.717) is 0 Å². The first-order valence-corrected chi connectivity index (χ1v) is 21.8. The lowest BCUT2D eigenvalue weighted by Crippen LogP contribution is -2.09. The van der Waals surface area contributed by atoms with Crippen LogP contribution >= 0.6 is 15.9 Å². The monoisotopic (exact) mass is 855 g/mol. The largest absolute Gasteiger partial charge is 0.311 e. The second-order valence-corrected chi connectivity index (χ2v) is 16.3. The number of hydrogen-bond donors (Lipinski definition) is 0. The fraction of sp³-hybridized carbons (Fsp3) is 0. The van der Waals surface area contributed by atoms with Crippen molar-refractivity contribution in [3.05, 3.63) is 259 Å².